The van der Waals surface area contributed by atoms with Gasteiger partial charge < -0.3 is 11.1 Å². The van der Waals surface area contributed by atoms with Crippen molar-refractivity contribution in [3.63, 3.8) is 0 Å². The van der Waals surface area contributed by atoms with Gasteiger partial charge in [0.15, 0.2) is 0 Å². The first-order valence-corrected chi connectivity index (χ1v) is 4.98. The summed E-state index contributed by atoms with van der Waals surface area (Å²) in [5.41, 5.74) is 6.55. The molecule has 3 heteroatoms. The normalized spacial score (nSPS) is 18.7. The van der Waals surface area contributed by atoms with Gasteiger partial charge in [0.2, 0.25) is 0 Å². The summed E-state index contributed by atoms with van der Waals surface area (Å²) < 4.78 is 12.9. The van der Waals surface area contributed by atoms with Gasteiger partial charge in [-0.3, -0.25) is 0 Å². The van der Waals surface area contributed by atoms with Crippen LogP contribution in [0.1, 0.15) is 19.3 Å². The number of anilines is 1. The molecule has 0 atom stereocenters. The van der Waals surface area contributed by atoms with E-state index in [-0.39, 0.29) is 11.4 Å². The fourth-order valence-electron chi connectivity index (χ4n) is 1.86. The molecule has 1 aliphatic carbocycles. The van der Waals surface area contributed by atoms with Gasteiger partial charge in [-0.05, 0) is 37.5 Å². The highest BCUT2D eigenvalue weighted by molar-refractivity contribution is 5.46. The van der Waals surface area contributed by atoms with Crippen molar-refractivity contribution >= 4 is 5.69 Å². The lowest BCUT2D eigenvalue weighted by Gasteiger charge is -2.42. The minimum atomic E-state index is -0.207. The zero-order chi connectivity index (χ0) is 10.0. The van der Waals surface area contributed by atoms with E-state index in [1.165, 1.54) is 18.6 Å². The van der Waals surface area contributed by atoms with Crippen LogP contribution in [0.4, 0.5) is 10.1 Å². The van der Waals surface area contributed by atoms with Crippen LogP contribution in [-0.2, 0) is 0 Å². The SMILES string of the molecule is NCC1(Nc2cccc(F)c2)CCC1. The summed E-state index contributed by atoms with van der Waals surface area (Å²) >= 11 is 0. The van der Waals surface area contributed by atoms with Crippen LogP contribution in [0, 0.1) is 5.82 Å². The molecule has 0 saturated heterocycles. The molecule has 0 amide bonds. The fraction of sp³-hybridized carbons (Fsp3) is 0.455. The van der Waals surface area contributed by atoms with Crippen LogP contribution in [0.5, 0.6) is 0 Å². The highest BCUT2D eigenvalue weighted by Crippen LogP contribution is 2.34. The molecule has 1 fully saturated rings. The quantitative estimate of drug-likeness (QED) is 0.773. The maximum Gasteiger partial charge on any atom is 0.125 e. The molecule has 0 unspecified atom stereocenters. The van der Waals surface area contributed by atoms with Gasteiger partial charge in [0.25, 0.3) is 0 Å². The van der Waals surface area contributed by atoms with Crippen molar-refractivity contribution in [3.8, 4) is 0 Å². The maximum absolute atomic E-state index is 12.9. The Hall–Kier alpha value is -1.09. The predicted molar refractivity (Wildman–Crippen MR) is 55.7 cm³/mol. The van der Waals surface area contributed by atoms with Gasteiger partial charge in [0.05, 0.1) is 0 Å². The smallest absolute Gasteiger partial charge is 0.125 e. The number of hydrogen-bond donors (Lipinski definition) is 2. The molecule has 1 aromatic rings. The molecule has 0 bridgehead atoms. The number of nitrogens with two attached hydrogens (primary N) is 1. The van der Waals surface area contributed by atoms with Crippen molar-refractivity contribution in [1.82, 2.24) is 0 Å². The summed E-state index contributed by atoms with van der Waals surface area (Å²) in [6.07, 6.45) is 3.37. The third-order valence-electron chi connectivity index (χ3n) is 2.94. The Morgan fingerprint density at radius 1 is 1.43 bits per heavy atom. The van der Waals surface area contributed by atoms with E-state index in [1.807, 2.05) is 6.07 Å². The van der Waals surface area contributed by atoms with Gasteiger partial charge >= 0.3 is 0 Å². The van der Waals surface area contributed by atoms with Crippen molar-refractivity contribution in [2.45, 2.75) is 24.8 Å². The molecule has 2 nitrogen and oxygen atoms in total. The largest absolute Gasteiger partial charge is 0.378 e. The van der Waals surface area contributed by atoms with E-state index < -0.39 is 0 Å². The van der Waals surface area contributed by atoms with Crippen LogP contribution in [0.15, 0.2) is 24.3 Å². The lowest BCUT2D eigenvalue weighted by atomic mass is 9.76. The maximum atomic E-state index is 12.9. The van der Waals surface area contributed by atoms with Gasteiger partial charge in [-0.2, -0.15) is 0 Å². The molecule has 0 radical (unpaired) electrons. The molecule has 14 heavy (non-hydrogen) atoms. The summed E-state index contributed by atoms with van der Waals surface area (Å²) in [6.45, 7) is 0.615. The van der Waals surface area contributed by atoms with Crippen LogP contribution >= 0.6 is 0 Å². The Labute approximate surface area is 83.3 Å². The fourth-order valence-corrected chi connectivity index (χ4v) is 1.86. The lowest BCUT2D eigenvalue weighted by Crippen LogP contribution is -2.51. The summed E-state index contributed by atoms with van der Waals surface area (Å²) in [7, 11) is 0. The third-order valence-corrected chi connectivity index (χ3v) is 2.94. The highest BCUT2D eigenvalue weighted by atomic mass is 19.1. The molecule has 0 aromatic heterocycles. The first-order chi connectivity index (χ1) is 6.74. The molecule has 0 aliphatic heterocycles. The Morgan fingerprint density at radius 3 is 2.71 bits per heavy atom. The van der Waals surface area contributed by atoms with Crippen LogP contribution in [0.3, 0.4) is 0 Å². The first-order valence-electron chi connectivity index (χ1n) is 4.98. The van der Waals surface area contributed by atoms with Crippen molar-refractivity contribution < 1.29 is 4.39 Å². The minimum Gasteiger partial charge on any atom is -0.378 e. The summed E-state index contributed by atoms with van der Waals surface area (Å²) in [4.78, 5) is 0. The molecule has 0 heterocycles. The van der Waals surface area contributed by atoms with Crippen LogP contribution in [0.2, 0.25) is 0 Å². The monoisotopic (exact) mass is 194 g/mol. The summed E-state index contributed by atoms with van der Waals surface area (Å²) in [5, 5.41) is 3.32. The average molecular weight is 194 g/mol. The van der Waals surface area contributed by atoms with Gasteiger partial charge in [-0.15, -0.1) is 0 Å². The molecule has 1 saturated carbocycles. The molecular weight excluding hydrogens is 179 g/mol. The summed E-state index contributed by atoms with van der Waals surface area (Å²) in [5.74, 6) is -0.207. The molecule has 76 valence electrons. The molecule has 3 N–H and O–H groups in total. The topological polar surface area (TPSA) is 38.0 Å². The van der Waals surface area contributed by atoms with E-state index in [1.54, 1.807) is 6.07 Å². The second-order valence-electron chi connectivity index (χ2n) is 3.97. The Kier molecular flexibility index (Phi) is 2.42. The Bertz CT molecular complexity index is 315. The number of hydrogen-bond acceptors (Lipinski definition) is 2. The lowest BCUT2D eigenvalue weighted by molar-refractivity contribution is 0.287. The number of halogens is 1. The van der Waals surface area contributed by atoms with E-state index in [0.717, 1.165) is 18.5 Å². The van der Waals surface area contributed by atoms with Crippen molar-refractivity contribution in [2.75, 3.05) is 11.9 Å². The zero-order valence-electron chi connectivity index (χ0n) is 8.09. The molecular formula is C11H15FN2. The van der Waals surface area contributed by atoms with Crippen molar-refractivity contribution in [2.24, 2.45) is 5.73 Å². The molecule has 1 aliphatic rings. The van der Waals surface area contributed by atoms with Crippen molar-refractivity contribution in [1.29, 1.82) is 0 Å². The van der Waals surface area contributed by atoms with E-state index in [4.69, 9.17) is 5.73 Å². The third kappa shape index (κ3) is 1.73. The van der Waals surface area contributed by atoms with Crippen molar-refractivity contribution in [3.05, 3.63) is 30.1 Å². The van der Waals surface area contributed by atoms with E-state index in [9.17, 15) is 4.39 Å². The molecule has 1 aromatic carbocycles. The highest BCUT2D eigenvalue weighted by Gasteiger charge is 2.35. The number of rotatable bonds is 3. The minimum absolute atomic E-state index is 0.0216. The Balaban J connectivity index is 2.09. The van der Waals surface area contributed by atoms with Gasteiger partial charge in [0, 0.05) is 17.8 Å². The van der Waals surface area contributed by atoms with Crippen LogP contribution < -0.4 is 11.1 Å². The van der Waals surface area contributed by atoms with Gasteiger partial charge in [0.1, 0.15) is 5.82 Å². The average Bonchev–Trinajstić information content (AvgIpc) is 2.11. The predicted octanol–water partition coefficient (Wildman–Crippen LogP) is 2.12. The zero-order valence-corrected chi connectivity index (χ0v) is 8.09. The standard InChI is InChI=1S/C11H15FN2/c12-9-3-1-4-10(7-9)14-11(8-13)5-2-6-11/h1,3-4,7,14H,2,5-6,8,13H2. The van der Waals surface area contributed by atoms with Crippen LogP contribution in [0.25, 0.3) is 0 Å². The Morgan fingerprint density at radius 2 is 2.21 bits per heavy atom. The van der Waals surface area contributed by atoms with E-state index >= 15 is 0 Å². The first kappa shape index (κ1) is 9.46. The molecule has 0 spiro atoms. The number of nitrogens with one attached hydrogen (secondary N) is 1. The number of benzene rings is 1. The van der Waals surface area contributed by atoms with Crippen LogP contribution in [-0.4, -0.2) is 12.1 Å². The van der Waals surface area contributed by atoms with E-state index in [2.05, 4.69) is 5.32 Å². The van der Waals surface area contributed by atoms with Gasteiger partial charge in [-0.1, -0.05) is 6.07 Å². The second-order valence-corrected chi connectivity index (χ2v) is 3.97. The summed E-state index contributed by atoms with van der Waals surface area (Å²) in [6, 6.07) is 6.54. The van der Waals surface area contributed by atoms with E-state index in [0.29, 0.717) is 6.54 Å². The van der Waals surface area contributed by atoms with Gasteiger partial charge in [-0.25, -0.2) is 4.39 Å². The second kappa shape index (κ2) is 3.58. The molecule has 2 rings (SSSR count).